The van der Waals surface area contributed by atoms with Gasteiger partial charge in [0.1, 0.15) is 11.5 Å². The lowest BCUT2D eigenvalue weighted by atomic mass is 9.89. The minimum Gasteiger partial charge on any atom is -0.460 e. The maximum atomic E-state index is 13.1. The summed E-state index contributed by atoms with van der Waals surface area (Å²) >= 11 is 6.26. The first-order chi connectivity index (χ1) is 14.0. The van der Waals surface area contributed by atoms with Crippen molar-refractivity contribution in [3.63, 3.8) is 0 Å². The van der Waals surface area contributed by atoms with E-state index < -0.39 is 6.10 Å². The van der Waals surface area contributed by atoms with E-state index in [1.807, 2.05) is 41.3 Å². The number of hydrogen-bond acceptors (Lipinski definition) is 4. The summed E-state index contributed by atoms with van der Waals surface area (Å²) in [7, 11) is 0. The number of furan rings is 1. The van der Waals surface area contributed by atoms with Crippen LogP contribution in [0.2, 0.25) is 5.02 Å². The number of pyridine rings is 1. The van der Waals surface area contributed by atoms with E-state index in [1.54, 1.807) is 25.3 Å². The highest BCUT2D eigenvalue weighted by molar-refractivity contribution is 6.33. The van der Waals surface area contributed by atoms with Crippen molar-refractivity contribution in [1.82, 2.24) is 9.88 Å². The molecule has 29 heavy (non-hydrogen) atoms. The summed E-state index contributed by atoms with van der Waals surface area (Å²) in [5.41, 5.74) is 2.02. The van der Waals surface area contributed by atoms with Crippen LogP contribution >= 0.6 is 11.6 Å². The predicted molar refractivity (Wildman–Crippen MR) is 112 cm³/mol. The molecule has 0 unspecified atom stereocenters. The third kappa shape index (κ3) is 4.07. The number of aliphatic hydroxyl groups excluding tert-OH is 1. The summed E-state index contributed by atoms with van der Waals surface area (Å²) < 4.78 is 5.83. The lowest BCUT2D eigenvalue weighted by Gasteiger charge is -2.34. The van der Waals surface area contributed by atoms with Gasteiger partial charge in [0.15, 0.2) is 0 Å². The van der Waals surface area contributed by atoms with Crippen LogP contribution in [0.4, 0.5) is 0 Å². The lowest BCUT2D eigenvalue weighted by Crippen LogP contribution is -2.40. The molecule has 150 valence electrons. The van der Waals surface area contributed by atoms with Crippen molar-refractivity contribution in [2.45, 2.75) is 25.9 Å². The van der Waals surface area contributed by atoms with Crippen LogP contribution in [0.5, 0.6) is 0 Å². The van der Waals surface area contributed by atoms with Crippen LogP contribution in [0.25, 0.3) is 11.3 Å². The van der Waals surface area contributed by atoms with E-state index in [9.17, 15) is 9.90 Å². The first-order valence-electron chi connectivity index (χ1n) is 9.78. The topological polar surface area (TPSA) is 66.6 Å². The second-order valence-electron chi connectivity index (χ2n) is 7.39. The van der Waals surface area contributed by atoms with E-state index in [-0.39, 0.29) is 11.8 Å². The van der Waals surface area contributed by atoms with Gasteiger partial charge in [0.25, 0.3) is 5.91 Å². The number of nitrogens with zero attached hydrogens (tertiary/aromatic N) is 2. The molecule has 6 heteroatoms. The van der Waals surface area contributed by atoms with Gasteiger partial charge in [-0.2, -0.15) is 0 Å². The molecular formula is C23H23ClN2O3. The van der Waals surface area contributed by atoms with Gasteiger partial charge in [0.05, 0.1) is 22.4 Å². The minimum atomic E-state index is -0.601. The van der Waals surface area contributed by atoms with Crippen molar-refractivity contribution in [3.8, 4) is 11.3 Å². The third-order valence-corrected chi connectivity index (χ3v) is 5.88. The van der Waals surface area contributed by atoms with E-state index in [4.69, 9.17) is 16.0 Å². The molecule has 4 rings (SSSR count). The second-order valence-corrected chi connectivity index (χ2v) is 7.80. The average molecular weight is 411 g/mol. The summed E-state index contributed by atoms with van der Waals surface area (Å²) in [5, 5.41) is 11.2. The van der Waals surface area contributed by atoms with E-state index in [0.29, 0.717) is 40.9 Å². The SMILES string of the molecule is Cc1oc(-c2ccccc2Cl)cc1C(=O)N1CCC([C@H](O)c2ccccn2)CC1. The molecule has 1 fully saturated rings. The maximum Gasteiger partial charge on any atom is 0.257 e. The number of carbonyl (C=O) groups excluding carboxylic acids is 1. The molecule has 1 aliphatic heterocycles. The van der Waals surface area contributed by atoms with Crippen LogP contribution in [-0.4, -0.2) is 34.0 Å². The van der Waals surface area contributed by atoms with Crippen molar-refractivity contribution < 1.29 is 14.3 Å². The van der Waals surface area contributed by atoms with Crippen LogP contribution in [0.1, 0.15) is 40.8 Å². The Balaban J connectivity index is 1.44. The molecule has 1 atom stereocenters. The number of hydrogen-bond donors (Lipinski definition) is 1. The fourth-order valence-corrected chi connectivity index (χ4v) is 4.10. The molecule has 1 saturated heterocycles. The molecule has 1 aromatic carbocycles. The number of aliphatic hydroxyl groups is 1. The standard InChI is InChI=1S/C23H23ClN2O3/c1-15-18(14-21(29-15)17-6-2-3-7-19(17)24)23(28)26-12-9-16(10-13-26)22(27)20-8-4-5-11-25-20/h2-8,11,14,16,22,27H,9-10,12-13H2,1H3/t22-/m0/s1. The number of benzene rings is 1. The predicted octanol–water partition coefficient (Wildman–Crippen LogP) is 4.89. The number of halogens is 1. The molecule has 3 heterocycles. The molecule has 0 bridgehead atoms. The summed E-state index contributed by atoms with van der Waals surface area (Å²) in [5.74, 6) is 1.23. The van der Waals surface area contributed by atoms with Crippen LogP contribution in [0.3, 0.4) is 0 Å². The highest BCUT2D eigenvalue weighted by atomic mass is 35.5. The first-order valence-corrected chi connectivity index (χ1v) is 10.2. The van der Waals surface area contributed by atoms with Gasteiger partial charge in [0, 0.05) is 24.8 Å². The number of likely N-dealkylation sites (tertiary alicyclic amines) is 1. The van der Waals surface area contributed by atoms with E-state index in [1.165, 1.54) is 0 Å². The Morgan fingerprint density at radius 1 is 1.21 bits per heavy atom. The maximum absolute atomic E-state index is 13.1. The number of piperidine rings is 1. The Hall–Kier alpha value is -2.63. The normalized spacial score (nSPS) is 16.0. The van der Waals surface area contributed by atoms with Crippen LogP contribution in [0.15, 0.2) is 59.1 Å². The molecule has 1 aliphatic rings. The number of amides is 1. The van der Waals surface area contributed by atoms with Gasteiger partial charge in [-0.25, -0.2) is 0 Å². The highest BCUT2D eigenvalue weighted by Crippen LogP contribution is 2.33. The zero-order valence-corrected chi connectivity index (χ0v) is 17.0. The number of aryl methyl sites for hydroxylation is 1. The van der Waals surface area contributed by atoms with E-state index in [0.717, 1.165) is 18.4 Å². The van der Waals surface area contributed by atoms with Gasteiger partial charge < -0.3 is 14.4 Å². The quantitative estimate of drug-likeness (QED) is 0.665. The number of carbonyl (C=O) groups is 1. The van der Waals surface area contributed by atoms with E-state index in [2.05, 4.69) is 4.98 Å². The Bertz CT molecular complexity index is 994. The van der Waals surface area contributed by atoms with Crippen molar-refractivity contribution in [1.29, 1.82) is 0 Å². The summed E-state index contributed by atoms with van der Waals surface area (Å²) in [4.78, 5) is 19.1. The number of aromatic nitrogens is 1. The zero-order valence-electron chi connectivity index (χ0n) is 16.2. The zero-order chi connectivity index (χ0) is 20.4. The van der Waals surface area contributed by atoms with Gasteiger partial charge in [0.2, 0.25) is 0 Å². The van der Waals surface area contributed by atoms with Crippen molar-refractivity contribution in [2.75, 3.05) is 13.1 Å². The molecule has 1 N–H and O–H groups in total. The third-order valence-electron chi connectivity index (χ3n) is 5.55. The van der Waals surface area contributed by atoms with Crippen molar-refractivity contribution >= 4 is 17.5 Å². The fraction of sp³-hybridized carbons (Fsp3) is 0.304. The molecule has 3 aromatic rings. The lowest BCUT2D eigenvalue weighted by molar-refractivity contribution is 0.0446. The largest absolute Gasteiger partial charge is 0.460 e. The Kier molecular flexibility index (Phi) is 5.69. The molecule has 5 nitrogen and oxygen atoms in total. The van der Waals surface area contributed by atoms with Crippen molar-refractivity contribution in [2.24, 2.45) is 5.92 Å². The van der Waals surface area contributed by atoms with Gasteiger partial charge in [-0.1, -0.05) is 29.8 Å². The van der Waals surface area contributed by atoms with Crippen LogP contribution < -0.4 is 0 Å². The second kappa shape index (κ2) is 8.39. The van der Waals surface area contributed by atoms with Crippen LogP contribution in [-0.2, 0) is 0 Å². The molecule has 0 aliphatic carbocycles. The summed E-state index contributed by atoms with van der Waals surface area (Å²) in [6.07, 6.45) is 2.56. The summed E-state index contributed by atoms with van der Waals surface area (Å²) in [6, 6.07) is 14.7. The molecular weight excluding hydrogens is 388 g/mol. The van der Waals surface area contributed by atoms with Crippen LogP contribution in [0, 0.1) is 12.8 Å². The van der Waals surface area contributed by atoms with Gasteiger partial charge in [-0.15, -0.1) is 0 Å². The minimum absolute atomic E-state index is 0.0460. The number of rotatable bonds is 4. The molecule has 0 saturated carbocycles. The van der Waals surface area contributed by atoms with Gasteiger partial charge in [-0.3, -0.25) is 9.78 Å². The van der Waals surface area contributed by atoms with Gasteiger partial charge >= 0.3 is 0 Å². The Labute approximate surface area is 174 Å². The monoisotopic (exact) mass is 410 g/mol. The van der Waals surface area contributed by atoms with E-state index >= 15 is 0 Å². The van der Waals surface area contributed by atoms with Gasteiger partial charge in [-0.05, 0) is 56.0 Å². The Morgan fingerprint density at radius 2 is 1.93 bits per heavy atom. The summed E-state index contributed by atoms with van der Waals surface area (Å²) in [6.45, 7) is 2.99. The highest BCUT2D eigenvalue weighted by Gasteiger charge is 2.30. The molecule has 0 radical (unpaired) electrons. The molecule has 0 spiro atoms. The first kappa shape index (κ1) is 19.7. The molecule has 2 aromatic heterocycles. The molecule has 1 amide bonds. The van der Waals surface area contributed by atoms with Crippen molar-refractivity contribution in [3.05, 3.63) is 76.8 Å². The smallest absolute Gasteiger partial charge is 0.257 e. The Morgan fingerprint density at radius 3 is 2.62 bits per heavy atom. The fourth-order valence-electron chi connectivity index (χ4n) is 3.87. The average Bonchev–Trinajstić information content (AvgIpc) is 3.15.